The Bertz CT molecular complexity index is 466. The summed E-state index contributed by atoms with van der Waals surface area (Å²) in [6.07, 6.45) is 5.47. The second kappa shape index (κ2) is 10.8. The zero-order valence-corrected chi connectivity index (χ0v) is 11.8. The average molecular weight is 272 g/mol. The van der Waals surface area contributed by atoms with Crippen molar-refractivity contribution >= 4 is 12.0 Å². The minimum Gasteiger partial charge on any atom is -0.456 e. The lowest BCUT2D eigenvalue weighted by atomic mass is 10.2. The Hall–Kier alpha value is -2.05. The first-order valence-electron chi connectivity index (χ1n) is 6.78. The highest BCUT2D eigenvalue weighted by molar-refractivity contribution is 5.88. The fourth-order valence-corrected chi connectivity index (χ4v) is 1.46. The molecule has 3 heteroatoms. The lowest BCUT2D eigenvalue weighted by molar-refractivity contribution is -0.136. The highest BCUT2D eigenvalue weighted by Gasteiger charge is 1.91. The van der Waals surface area contributed by atoms with E-state index >= 15 is 0 Å². The molecule has 0 unspecified atom stereocenters. The predicted molar refractivity (Wildman–Crippen MR) is 79.9 cm³/mol. The monoisotopic (exact) mass is 272 g/mol. The van der Waals surface area contributed by atoms with E-state index in [0.29, 0.717) is 26.2 Å². The summed E-state index contributed by atoms with van der Waals surface area (Å²) in [6.45, 7) is 3.34. The van der Waals surface area contributed by atoms with Crippen molar-refractivity contribution in [1.29, 1.82) is 0 Å². The van der Waals surface area contributed by atoms with Gasteiger partial charge >= 0.3 is 5.97 Å². The van der Waals surface area contributed by atoms with Crippen LogP contribution in [0.4, 0.5) is 0 Å². The Morgan fingerprint density at radius 1 is 1.30 bits per heavy atom. The summed E-state index contributed by atoms with van der Waals surface area (Å²) in [6, 6.07) is 10.1. The van der Waals surface area contributed by atoms with Crippen LogP contribution in [0.5, 0.6) is 0 Å². The molecule has 0 aliphatic carbocycles. The first-order valence-corrected chi connectivity index (χ1v) is 6.78. The zero-order valence-electron chi connectivity index (χ0n) is 11.8. The first-order chi connectivity index (χ1) is 9.83. The van der Waals surface area contributed by atoms with Crippen molar-refractivity contribution in [2.45, 2.75) is 19.8 Å². The van der Waals surface area contributed by atoms with Crippen molar-refractivity contribution in [3.05, 3.63) is 42.0 Å². The van der Waals surface area contributed by atoms with Gasteiger partial charge in [0.05, 0.1) is 13.2 Å². The van der Waals surface area contributed by atoms with Crippen LogP contribution in [0, 0.1) is 11.8 Å². The number of carbonyl (C=O) groups excluding carboxylic acids is 1. The van der Waals surface area contributed by atoms with Gasteiger partial charge in [0, 0.05) is 18.9 Å². The fraction of sp³-hybridized carbons (Fsp3) is 0.353. The van der Waals surface area contributed by atoms with Gasteiger partial charge in [-0.2, -0.15) is 0 Å². The molecule has 0 spiro atoms. The van der Waals surface area contributed by atoms with Gasteiger partial charge < -0.3 is 9.47 Å². The molecule has 1 rings (SSSR count). The molecule has 106 valence electrons. The molecular weight excluding hydrogens is 252 g/mol. The van der Waals surface area contributed by atoms with Gasteiger partial charge in [-0.1, -0.05) is 48.4 Å². The van der Waals surface area contributed by atoms with Crippen LogP contribution in [0.25, 0.3) is 6.08 Å². The zero-order chi connectivity index (χ0) is 14.5. The van der Waals surface area contributed by atoms with Gasteiger partial charge in [-0.25, -0.2) is 4.79 Å². The highest BCUT2D eigenvalue weighted by Crippen LogP contribution is 2.00. The Labute approximate surface area is 120 Å². The molecule has 0 heterocycles. The number of benzene rings is 1. The number of hydrogen-bond acceptors (Lipinski definition) is 3. The van der Waals surface area contributed by atoms with E-state index in [4.69, 9.17) is 9.47 Å². The molecule has 0 aromatic heterocycles. The molecule has 0 radical (unpaired) electrons. The maximum atomic E-state index is 10.9. The summed E-state index contributed by atoms with van der Waals surface area (Å²) in [5, 5.41) is 0. The van der Waals surface area contributed by atoms with Crippen molar-refractivity contribution in [2.24, 2.45) is 0 Å². The Morgan fingerprint density at radius 3 is 2.85 bits per heavy atom. The van der Waals surface area contributed by atoms with Gasteiger partial charge in [-0.15, -0.1) is 0 Å². The second-order valence-corrected chi connectivity index (χ2v) is 4.01. The molecule has 0 saturated carbocycles. The normalized spacial score (nSPS) is 10.1. The number of rotatable bonds is 7. The van der Waals surface area contributed by atoms with E-state index in [1.54, 1.807) is 6.92 Å². The molecule has 0 amide bonds. The molecule has 0 saturated heterocycles. The molecule has 1 aromatic carbocycles. The SMILES string of the molecule is CCOC(=O)C#CCCCOC/C=C/c1ccccc1. The van der Waals surface area contributed by atoms with Crippen LogP contribution in [-0.2, 0) is 14.3 Å². The Kier molecular flexibility index (Phi) is 8.67. The van der Waals surface area contributed by atoms with Crippen molar-refractivity contribution < 1.29 is 14.3 Å². The molecule has 0 aliphatic rings. The molecule has 20 heavy (non-hydrogen) atoms. The summed E-state index contributed by atoms with van der Waals surface area (Å²) in [5.74, 6) is 4.73. The highest BCUT2D eigenvalue weighted by atomic mass is 16.5. The van der Waals surface area contributed by atoms with Gasteiger partial charge in [-0.05, 0) is 18.9 Å². The third-order valence-electron chi connectivity index (χ3n) is 2.38. The van der Waals surface area contributed by atoms with Gasteiger partial charge in [0.25, 0.3) is 0 Å². The van der Waals surface area contributed by atoms with Gasteiger partial charge in [0.2, 0.25) is 0 Å². The summed E-state index contributed by atoms with van der Waals surface area (Å²) < 4.78 is 10.1. The fourth-order valence-electron chi connectivity index (χ4n) is 1.46. The number of unbranched alkanes of at least 4 members (excludes halogenated alkanes) is 1. The topological polar surface area (TPSA) is 35.5 Å². The van der Waals surface area contributed by atoms with E-state index in [1.165, 1.54) is 0 Å². The molecule has 0 bridgehead atoms. The Morgan fingerprint density at radius 2 is 2.10 bits per heavy atom. The minimum atomic E-state index is -0.459. The average Bonchev–Trinajstić information content (AvgIpc) is 2.47. The lowest BCUT2D eigenvalue weighted by Crippen LogP contribution is -1.99. The predicted octanol–water partition coefficient (Wildman–Crippen LogP) is 3.06. The second-order valence-electron chi connectivity index (χ2n) is 4.01. The van der Waals surface area contributed by atoms with Crippen LogP contribution < -0.4 is 0 Å². The van der Waals surface area contributed by atoms with Crippen LogP contribution in [0.2, 0.25) is 0 Å². The van der Waals surface area contributed by atoms with Crippen LogP contribution in [-0.4, -0.2) is 25.8 Å². The first kappa shape index (κ1) is 16.0. The number of ether oxygens (including phenoxy) is 2. The smallest absolute Gasteiger partial charge is 0.384 e. The lowest BCUT2D eigenvalue weighted by Gasteiger charge is -1.98. The molecule has 0 aliphatic heterocycles. The number of esters is 1. The van der Waals surface area contributed by atoms with Crippen LogP contribution in [0.3, 0.4) is 0 Å². The van der Waals surface area contributed by atoms with E-state index < -0.39 is 5.97 Å². The standard InChI is InChI=1S/C17H20O3/c1-2-20-17(18)13-7-4-8-14-19-15-9-12-16-10-5-3-6-11-16/h3,5-6,9-12H,2,4,8,14-15H2,1H3/b12-9+. The minimum absolute atomic E-state index is 0.365. The van der Waals surface area contributed by atoms with Crippen molar-refractivity contribution in [3.63, 3.8) is 0 Å². The van der Waals surface area contributed by atoms with Gasteiger partial charge in [-0.3, -0.25) is 0 Å². The molecule has 0 atom stereocenters. The van der Waals surface area contributed by atoms with E-state index in [9.17, 15) is 4.79 Å². The third-order valence-corrected chi connectivity index (χ3v) is 2.38. The molecule has 0 N–H and O–H groups in total. The van der Waals surface area contributed by atoms with Crippen molar-refractivity contribution in [2.75, 3.05) is 19.8 Å². The largest absolute Gasteiger partial charge is 0.456 e. The summed E-state index contributed by atoms with van der Waals surface area (Å²) in [5.41, 5.74) is 1.16. The van der Waals surface area contributed by atoms with Crippen molar-refractivity contribution in [1.82, 2.24) is 0 Å². The maximum Gasteiger partial charge on any atom is 0.384 e. The van der Waals surface area contributed by atoms with Crippen LogP contribution in [0.15, 0.2) is 36.4 Å². The van der Waals surface area contributed by atoms with Crippen LogP contribution in [0.1, 0.15) is 25.3 Å². The molecule has 1 aromatic rings. The van der Waals surface area contributed by atoms with E-state index in [2.05, 4.69) is 11.8 Å². The van der Waals surface area contributed by atoms with Crippen molar-refractivity contribution in [3.8, 4) is 11.8 Å². The van der Waals surface area contributed by atoms with Gasteiger partial charge in [0.15, 0.2) is 0 Å². The number of carbonyl (C=O) groups is 1. The molecular formula is C17H20O3. The van der Waals surface area contributed by atoms with Gasteiger partial charge in [0.1, 0.15) is 0 Å². The van der Waals surface area contributed by atoms with E-state index in [1.807, 2.05) is 42.5 Å². The Balaban J connectivity index is 2.03. The van der Waals surface area contributed by atoms with E-state index in [0.717, 1.165) is 12.0 Å². The third kappa shape index (κ3) is 8.12. The van der Waals surface area contributed by atoms with Crippen LogP contribution >= 0.6 is 0 Å². The summed E-state index contributed by atoms with van der Waals surface area (Å²) in [4.78, 5) is 10.9. The summed E-state index contributed by atoms with van der Waals surface area (Å²) in [7, 11) is 0. The quantitative estimate of drug-likeness (QED) is 0.331. The molecule has 3 nitrogen and oxygen atoms in total. The molecule has 0 fully saturated rings. The number of hydrogen-bond donors (Lipinski definition) is 0. The maximum absolute atomic E-state index is 10.9. The summed E-state index contributed by atoms with van der Waals surface area (Å²) >= 11 is 0. The van der Waals surface area contributed by atoms with E-state index in [-0.39, 0.29) is 0 Å².